The number of H-pyrrole nitrogens is 1. The van der Waals surface area contributed by atoms with Crippen LogP contribution in [0.1, 0.15) is 0 Å². The summed E-state index contributed by atoms with van der Waals surface area (Å²) >= 11 is 1.12. The number of tetrazole rings is 1. The second-order valence-electron chi connectivity index (χ2n) is 1.82. The molecular weight excluding hydrogens is 168 g/mol. The quantitative estimate of drug-likeness (QED) is 0.445. The Balaban J connectivity index is 2.51. The molecule has 0 spiro atoms. The molecule has 1 aromatic rings. The van der Waals surface area contributed by atoms with E-state index in [2.05, 4.69) is 15.5 Å². The second kappa shape index (κ2) is 3.33. The smallest absolute Gasteiger partial charge is 0.360 e. The van der Waals surface area contributed by atoms with Crippen molar-refractivity contribution in [2.75, 3.05) is 5.75 Å². The number of aryl methyl sites for hydroxylation is 1. The van der Waals surface area contributed by atoms with Gasteiger partial charge < -0.3 is 5.11 Å². The van der Waals surface area contributed by atoms with Crippen LogP contribution in [0.2, 0.25) is 0 Å². The Morgan fingerprint density at radius 1 is 1.91 bits per heavy atom. The third kappa shape index (κ3) is 2.19. The number of nitrogens with one attached hydrogen (secondary N) is 1. The normalized spacial score (nSPS) is 9.91. The molecule has 0 unspecified atom stereocenters. The molecule has 0 atom stereocenters. The first kappa shape index (κ1) is 7.99. The summed E-state index contributed by atoms with van der Waals surface area (Å²) in [6.45, 7) is 0. The van der Waals surface area contributed by atoms with Gasteiger partial charge in [-0.15, -0.1) is 0 Å². The molecule has 0 bridgehead atoms. The lowest BCUT2D eigenvalue weighted by atomic mass is 10.8. The summed E-state index contributed by atoms with van der Waals surface area (Å²) in [5.74, 6) is -0.863. The number of carboxylic acid groups (broad SMARTS) is 1. The van der Waals surface area contributed by atoms with Crippen molar-refractivity contribution in [3.8, 4) is 0 Å². The van der Waals surface area contributed by atoms with Gasteiger partial charge in [0, 0.05) is 0 Å². The van der Waals surface area contributed by atoms with Crippen LogP contribution < -0.4 is 4.68 Å². The van der Waals surface area contributed by atoms with Crippen molar-refractivity contribution in [1.29, 1.82) is 0 Å². The molecular formula is C4H7N4O2S+. The van der Waals surface area contributed by atoms with Crippen LogP contribution in [-0.4, -0.2) is 32.4 Å². The van der Waals surface area contributed by atoms with Crippen molar-refractivity contribution in [2.24, 2.45) is 7.05 Å². The summed E-state index contributed by atoms with van der Waals surface area (Å²) in [5.41, 5.74) is 0. The van der Waals surface area contributed by atoms with E-state index in [0.717, 1.165) is 11.8 Å². The molecule has 0 aliphatic rings. The third-order valence-electron chi connectivity index (χ3n) is 0.942. The monoisotopic (exact) mass is 175 g/mol. The van der Waals surface area contributed by atoms with Crippen molar-refractivity contribution < 1.29 is 14.6 Å². The summed E-state index contributed by atoms with van der Waals surface area (Å²) in [4.78, 5) is 10.1. The SMILES string of the molecule is C[n+]1[nH]nnc1SCC(=O)O. The number of carboxylic acids is 1. The molecule has 11 heavy (non-hydrogen) atoms. The number of carbonyl (C=O) groups is 1. The predicted octanol–water partition coefficient (Wildman–Crippen LogP) is -1.19. The highest BCUT2D eigenvalue weighted by molar-refractivity contribution is 7.99. The maximum Gasteiger partial charge on any atom is 0.360 e. The van der Waals surface area contributed by atoms with Crippen LogP contribution in [-0.2, 0) is 11.8 Å². The topological polar surface area (TPSA) is 82.8 Å². The molecule has 7 heteroatoms. The number of hydrogen-bond acceptors (Lipinski definition) is 4. The van der Waals surface area contributed by atoms with Gasteiger partial charge in [0.25, 0.3) is 0 Å². The Labute approximate surface area is 66.6 Å². The highest BCUT2D eigenvalue weighted by atomic mass is 32.2. The van der Waals surface area contributed by atoms with Crippen LogP contribution in [0, 0.1) is 0 Å². The van der Waals surface area contributed by atoms with E-state index in [1.165, 1.54) is 0 Å². The van der Waals surface area contributed by atoms with E-state index in [-0.39, 0.29) is 5.75 Å². The first-order valence-corrected chi connectivity index (χ1v) is 3.80. The number of aliphatic carboxylic acids is 1. The number of thioether (sulfide) groups is 1. The minimum absolute atomic E-state index is 0.000370. The van der Waals surface area contributed by atoms with Crippen LogP contribution in [0.3, 0.4) is 0 Å². The molecule has 0 saturated carbocycles. The van der Waals surface area contributed by atoms with Gasteiger partial charge in [0.15, 0.2) is 5.21 Å². The number of hydrogen-bond donors (Lipinski definition) is 2. The molecule has 0 radical (unpaired) electrons. The number of rotatable bonds is 3. The van der Waals surface area contributed by atoms with E-state index >= 15 is 0 Å². The molecule has 0 saturated heterocycles. The predicted molar refractivity (Wildman–Crippen MR) is 35.9 cm³/mol. The van der Waals surface area contributed by atoms with Gasteiger partial charge in [-0.25, -0.2) is 0 Å². The highest BCUT2D eigenvalue weighted by Crippen LogP contribution is 2.06. The third-order valence-corrected chi connectivity index (χ3v) is 1.95. The van der Waals surface area contributed by atoms with Crippen LogP contribution in [0.25, 0.3) is 0 Å². The number of aromatic amines is 1. The Morgan fingerprint density at radius 2 is 2.64 bits per heavy atom. The van der Waals surface area contributed by atoms with E-state index in [1.54, 1.807) is 11.7 Å². The van der Waals surface area contributed by atoms with Crippen LogP contribution in [0.4, 0.5) is 0 Å². The van der Waals surface area contributed by atoms with Gasteiger partial charge in [-0.3, -0.25) is 4.79 Å². The number of nitrogens with zero attached hydrogens (tertiary/aromatic N) is 3. The van der Waals surface area contributed by atoms with E-state index in [0.29, 0.717) is 5.16 Å². The van der Waals surface area contributed by atoms with Crippen LogP contribution in [0.15, 0.2) is 5.16 Å². The summed E-state index contributed by atoms with van der Waals surface area (Å²) in [6, 6.07) is 0. The lowest BCUT2D eigenvalue weighted by molar-refractivity contribution is -0.765. The highest BCUT2D eigenvalue weighted by Gasteiger charge is 2.12. The molecule has 0 aliphatic heterocycles. The minimum Gasteiger partial charge on any atom is -0.481 e. The van der Waals surface area contributed by atoms with Gasteiger partial charge in [0.2, 0.25) is 0 Å². The Hall–Kier alpha value is -1.11. The van der Waals surface area contributed by atoms with Crippen molar-refractivity contribution in [1.82, 2.24) is 15.5 Å². The fourth-order valence-corrected chi connectivity index (χ4v) is 1.08. The van der Waals surface area contributed by atoms with Crippen molar-refractivity contribution in [2.45, 2.75) is 5.16 Å². The standard InChI is InChI=1S/C4H6N4O2S/c1-8-4(5-6-7-8)11-2-3(9)10/h2H2,1H3,(H,9,10)/p+1. The average Bonchev–Trinajstić information content (AvgIpc) is 2.31. The van der Waals surface area contributed by atoms with Gasteiger partial charge in [-0.1, -0.05) is 5.21 Å². The van der Waals surface area contributed by atoms with Gasteiger partial charge in [-0.2, -0.15) is 4.68 Å². The maximum absolute atomic E-state index is 10.1. The lowest BCUT2D eigenvalue weighted by Gasteiger charge is -1.87. The maximum atomic E-state index is 10.1. The zero-order chi connectivity index (χ0) is 8.27. The molecule has 2 N–H and O–H groups in total. The van der Waals surface area contributed by atoms with E-state index in [1.807, 2.05) is 0 Å². The Morgan fingerprint density at radius 3 is 3.09 bits per heavy atom. The van der Waals surface area contributed by atoms with E-state index in [4.69, 9.17) is 5.11 Å². The molecule has 1 rings (SSSR count). The fraction of sp³-hybridized carbons (Fsp3) is 0.500. The fourth-order valence-electron chi connectivity index (χ4n) is 0.494. The van der Waals surface area contributed by atoms with Gasteiger partial charge in [0.1, 0.15) is 10.9 Å². The van der Waals surface area contributed by atoms with Crippen molar-refractivity contribution in [3.05, 3.63) is 0 Å². The van der Waals surface area contributed by atoms with Crippen molar-refractivity contribution >= 4 is 17.7 Å². The molecule has 0 fully saturated rings. The molecule has 6 nitrogen and oxygen atoms in total. The first-order chi connectivity index (χ1) is 5.20. The Bertz CT molecular complexity index is 260. The molecule has 1 aromatic heterocycles. The van der Waals surface area contributed by atoms with E-state index < -0.39 is 5.97 Å². The molecule has 60 valence electrons. The average molecular weight is 175 g/mol. The minimum atomic E-state index is -0.863. The first-order valence-electron chi connectivity index (χ1n) is 2.82. The van der Waals surface area contributed by atoms with E-state index in [9.17, 15) is 4.79 Å². The van der Waals surface area contributed by atoms with Crippen molar-refractivity contribution in [3.63, 3.8) is 0 Å². The van der Waals surface area contributed by atoms with Gasteiger partial charge >= 0.3 is 11.1 Å². The molecule has 0 aromatic carbocycles. The summed E-state index contributed by atoms with van der Waals surface area (Å²) in [5, 5.41) is 18.5. The van der Waals surface area contributed by atoms with Gasteiger partial charge in [0.05, 0.1) is 7.05 Å². The lowest BCUT2D eigenvalue weighted by Crippen LogP contribution is -2.32. The zero-order valence-electron chi connectivity index (χ0n) is 5.81. The number of aromatic nitrogens is 4. The Kier molecular flexibility index (Phi) is 2.42. The summed E-state index contributed by atoms with van der Waals surface area (Å²) in [7, 11) is 1.71. The van der Waals surface area contributed by atoms with Crippen LogP contribution in [0.5, 0.6) is 0 Å². The summed E-state index contributed by atoms with van der Waals surface area (Å²) < 4.78 is 1.55. The zero-order valence-corrected chi connectivity index (χ0v) is 6.63. The molecule has 0 amide bonds. The summed E-state index contributed by atoms with van der Waals surface area (Å²) in [6.07, 6.45) is 0. The van der Waals surface area contributed by atoms with Crippen LogP contribution >= 0.6 is 11.8 Å². The van der Waals surface area contributed by atoms with Gasteiger partial charge in [-0.05, 0) is 11.8 Å². The second-order valence-corrected chi connectivity index (χ2v) is 2.77. The largest absolute Gasteiger partial charge is 0.481 e. The molecule has 1 heterocycles. The molecule has 0 aliphatic carbocycles.